The number of esters is 2. The van der Waals surface area contributed by atoms with Crippen LogP contribution in [0.3, 0.4) is 0 Å². The minimum atomic E-state index is -1.83. The molecule has 24 atom stereocenters. The Bertz CT molecular complexity index is 1950. The zero-order valence-electron chi connectivity index (χ0n) is 49.6. The first-order chi connectivity index (χ1) is 37.8. The van der Waals surface area contributed by atoms with Gasteiger partial charge in [-0.25, -0.2) is 9.59 Å². The monoisotopic (exact) mass is 1130 g/mol. The molecule has 0 amide bonds. The van der Waals surface area contributed by atoms with Crippen LogP contribution in [0.2, 0.25) is 0 Å². The van der Waals surface area contributed by atoms with E-state index in [4.69, 9.17) is 37.9 Å². The van der Waals surface area contributed by atoms with Crippen LogP contribution in [0, 0.1) is 35.5 Å². The van der Waals surface area contributed by atoms with E-state index in [0.717, 1.165) is 11.1 Å². The first-order valence-electron chi connectivity index (χ1n) is 29.8. The Balaban J connectivity index is 1.37. The third-order valence-corrected chi connectivity index (χ3v) is 17.6. The van der Waals surface area contributed by atoms with E-state index in [-0.39, 0.29) is 50.4 Å². The summed E-state index contributed by atoms with van der Waals surface area (Å²) in [5.74, 6) is -7.44. The molecule has 5 aliphatic rings. The number of carbonyl (C=O) groups excluding carboxylic acids is 2. The molecule has 80 heavy (non-hydrogen) atoms. The van der Waals surface area contributed by atoms with Gasteiger partial charge in [0.1, 0.15) is 24.4 Å². The fraction of sp³-hybridized carbons (Fsp3) is 0.774. The number of ether oxygens (including phenoxy) is 8. The summed E-state index contributed by atoms with van der Waals surface area (Å²) < 4.78 is 49.6. The van der Waals surface area contributed by atoms with E-state index in [9.17, 15) is 50.4 Å². The van der Waals surface area contributed by atoms with E-state index >= 15 is 0 Å². The summed E-state index contributed by atoms with van der Waals surface area (Å²) in [6.45, 7) is 22.3. The van der Waals surface area contributed by atoms with Crippen LogP contribution in [-0.2, 0) is 47.5 Å². The van der Waals surface area contributed by atoms with E-state index in [1.54, 1.807) is 39.8 Å². The average Bonchev–Trinajstić information content (AvgIpc) is 3.39. The summed E-state index contributed by atoms with van der Waals surface area (Å²) in [7, 11) is 0. The molecule has 4 fully saturated rings. The van der Waals surface area contributed by atoms with Crippen molar-refractivity contribution >= 4 is 11.9 Å². The third-order valence-electron chi connectivity index (χ3n) is 17.6. The predicted octanol–water partition coefficient (Wildman–Crippen LogP) is 7.08. The van der Waals surface area contributed by atoms with Gasteiger partial charge in [0.15, 0.2) is 24.2 Å². The van der Waals surface area contributed by atoms with Gasteiger partial charge in [-0.05, 0) is 77.4 Å². The molecular weight excluding hydrogens is 1030 g/mol. The lowest BCUT2D eigenvalue weighted by atomic mass is 9.80. The molecule has 8 N–H and O–H groups in total. The van der Waals surface area contributed by atoms with Crippen LogP contribution in [0.25, 0.3) is 0 Å². The Kier molecular flexibility index (Phi) is 26.3. The molecule has 5 aliphatic heterocycles. The third kappa shape index (κ3) is 18.4. The molecule has 4 saturated heterocycles. The smallest absolute Gasteiger partial charge is 0.331 e. The van der Waals surface area contributed by atoms with Gasteiger partial charge in [-0.15, -0.1) is 0 Å². The Morgan fingerprint density at radius 2 is 0.925 bits per heavy atom. The molecule has 0 aromatic rings. The molecule has 0 bridgehead atoms. The number of hydrogen-bond donors (Lipinski definition) is 8. The Hall–Kier alpha value is -3.18. The number of cyclic esters (lactones) is 2. The molecule has 0 saturated carbocycles. The fourth-order valence-corrected chi connectivity index (χ4v) is 12.4. The van der Waals surface area contributed by atoms with Crippen LogP contribution < -0.4 is 0 Å². The molecule has 0 radical (unpaired) electrons. The summed E-state index contributed by atoms with van der Waals surface area (Å²) in [5, 5.41) is 89.7. The molecular formula is C62H100O18. The van der Waals surface area contributed by atoms with Crippen molar-refractivity contribution in [3.8, 4) is 0 Å². The van der Waals surface area contributed by atoms with Gasteiger partial charge < -0.3 is 78.7 Å². The van der Waals surface area contributed by atoms with Gasteiger partial charge in [-0.3, -0.25) is 0 Å². The van der Waals surface area contributed by atoms with Crippen LogP contribution in [-0.4, -0.2) is 162 Å². The summed E-state index contributed by atoms with van der Waals surface area (Å²) in [6, 6.07) is 0. The second-order valence-electron chi connectivity index (χ2n) is 23.4. The lowest BCUT2D eigenvalue weighted by Crippen LogP contribution is -2.56. The summed E-state index contributed by atoms with van der Waals surface area (Å²) in [4.78, 5) is 27.8. The van der Waals surface area contributed by atoms with Crippen molar-refractivity contribution in [2.24, 2.45) is 35.5 Å². The van der Waals surface area contributed by atoms with E-state index < -0.39 is 145 Å². The van der Waals surface area contributed by atoms with Crippen LogP contribution in [0.1, 0.15) is 160 Å². The molecule has 0 aromatic carbocycles. The zero-order valence-corrected chi connectivity index (χ0v) is 49.6. The van der Waals surface area contributed by atoms with Crippen molar-refractivity contribution in [2.75, 3.05) is 0 Å². The predicted molar refractivity (Wildman–Crippen MR) is 300 cm³/mol. The van der Waals surface area contributed by atoms with E-state index in [2.05, 4.69) is 0 Å². The fourth-order valence-electron chi connectivity index (χ4n) is 12.4. The Labute approximate surface area is 475 Å². The van der Waals surface area contributed by atoms with Crippen molar-refractivity contribution in [1.82, 2.24) is 0 Å². The molecule has 0 aliphatic carbocycles. The highest BCUT2D eigenvalue weighted by atomic mass is 16.7. The molecule has 0 unspecified atom stereocenters. The van der Waals surface area contributed by atoms with E-state index in [1.807, 2.05) is 91.8 Å². The van der Waals surface area contributed by atoms with Crippen LogP contribution in [0.15, 0.2) is 71.9 Å². The van der Waals surface area contributed by atoms with Gasteiger partial charge in [0.25, 0.3) is 0 Å². The minimum Gasteiger partial charge on any atom is -0.458 e. The first kappa shape index (κ1) is 67.6. The van der Waals surface area contributed by atoms with Crippen molar-refractivity contribution in [3.63, 3.8) is 0 Å². The van der Waals surface area contributed by atoms with Crippen molar-refractivity contribution in [3.05, 3.63) is 71.9 Å². The highest BCUT2D eigenvalue weighted by Crippen LogP contribution is 2.43. The molecule has 456 valence electrons. The number of carbonyl (C=O) groups is 2. The lowest BCUT2D eigenvalue weighted by Gasteiger charge is -2.48. The lowest BCUT2D eigenvalue weighted by molar-refractivity contribution is -0.331. The second kappa shape index (κ2) is 31.1. The molecule has 18 nitrogen and oxygen atoms in total. The summed E-state index contributed by atoms with van der Waals surface area (Å²) in [6.07, 6.45) is 6.90. The normalized spacial score (nSPS) is 43.6. The Morgan fingerprint density at radius 1 is 0.562 bits per heavy atom. The standard InChI is InChI=1S/C62H100O18/c1-13-41-21-19-23-43(15-3)59(35(7)49(65)31-61(71)33-51(45(17-5)37(9)79-61)75-55-29-47(63)57(69)39(11)73-55)78-54(68)28-26-42(14-2)22-20-24-44(16-4)60(77-53(67)27-25-41)36(8)50(66)32-62(72)34-52(46(18-6)38(10)80-62)76-56-30-48(64)58(70)40(12)74-56/h19-28,35-40,43-52,55-60,63-66,69-72H,13-18,29-34H2,1-12H3/b23-19-,24-20+,27-25+,28-26+,41-21+,42-22-/t35-,36-,37-,38-,39-,40-,43-,44-,45-,46-,47-,48-,49-,50-,51-,52-,55+,56+,57-,58-,59-,60-,61-,62+/m1/s1. The maximum absolute atomic E-state index is 13.9. The molecule has 5 rings (SSSR count). The van der Waals surface area contributed by atoms with Gasteiger partial charge in [-0.1, -0.05) is 104 Å². The molecule has 5 heterocycles. The van der Waals surface area contributed by atoms with Gasteiger partial charge in [0.2, 0.25) is 0 Å². The number of hydrogen-bond acceptors (Lipinski definition) is 18. The van der Waals surface area contributed by atoms with Gasteiger partial charge in [-0.2, -0.15) is 0 Å². The maximum atomic E-state index is 13.9. The average molecular weight is 1130 g/mol. The van der Waals surface area contributed by atoms with E-state index in [0.29, 0.717) is 38.5 Å². The van der Waals surface area contributed by atoms with E-state index in [1.165, 1.54) is 12.2 Å². The number of aliphatic hydroxyl groups excluding tert-OH is 6. The van der Waals surface area contributed by atoms with Crippen molar-refractivity contribution in [1.29, 1.82) is 0 Å². The quantitative estimate of drug-likeness (QED) is 0.0637. The minimum absolute atomic E-state index is 0.00199. The number of allylic oxidation sites excluding steroid dienone is 8. The van der Waals surface area contributed by atoms with Crippen LogP contribution >= 0.6 is 0 Å². The van der Waals surface area contributed by atoms with Crippen LogP contribution in [0.5, 0.6) is 0 Å². The molecule has 0 spiro atoms. The van der Waals surface area contributed by atoms with Crippen LogP contribution in [0.4, 0.5) is 0 Å². The second-order valence-corrected chi connectivity index (χ2v) is 23.4. The number of aliphatic hydroxyl groups is 8. The van der Waals surface area contributed by atoms with Gasteiger partial charge >= 0.3 is 11.9 Å². The number of rotatable bonds is 18. The topological polar surface area (TPSA) is 270 Å². The van der Waals surface area contributed by atoms with Gasteiger partial charge in [0.05, 0.1) is 61.0 Å². The maximum Gasteiger partial charge on any atom is 0.331 e. The first-order valence-corrected chi connectivity index (χ1v) is 29.8. The zero-order chi connectivity index (χ0) is 59.2. The van der Waals surface area contributed by atoms with Gasteiger partial charge in [0, 0.05) is 86.2 Å². The summed E-state index contributed by atoms with van der Waals surface area (Å²) in [5.41, 5.74) is 1.55. The SMILES string of the molecule is CCC1=C/C=C/[C@@H](CC)[C@@H]([C@H](C)[C@H](O)C[C@@]2(O)C[C@@H](O[C@H]3C[C@@H](O)[C@H](O)[C@@H](C)O3)[C@H](CC)[C@@H](C)O2)OC(=O)/C=C/C(CC)=C/C=C\[C@@H](CC)[C@@H]([C@H](C)[C@H](O)C[C@]2(O)C[C@@H](O[C@H]3C[C@@H](O)[C@H](O)[C@@H](C)O3)[C@H](CC)[C@@H](C)O2)OC(=O)\C=C\1. The molecule has 0 aromatic heterocycles. The molecule has 18 heteroatoms. The largest absolute Gasteiger partial charge is 0.458 e. The highest BCUT2D eigenvalue weighted by molar-refractivity contribution is 5.83. The summed E-state index contributed by atoms with van der Waals surface area (Å²) >= 11 is 0. The van der Waals surface area contributed by atoms with Crippen molar-refractivity contribution < 1.29 is 88.3 Å². The van der Waals surface area contributed by atoms with Crippen molar-refractivity contribution in [2.45, 2.75) is 270 Å². The highest BCUT2D eigenvalue weighted by Gasteiger charge is 2.51. The Morgan fingerprint density at radius 3 is 1.24 bits per heavy atom.